The molecular weight excluding hydrogens is 276 g/mol. The number of anilines is 1. The summed E-state index contributed by atoms with van der Waals surface area (Å²) in [6.07, 6.45) is 4.22. The Kier molecular flexibility index (Phi) is 3.70. The predicted molar refractivity (Wildman–Crippen MR) is 75.5 cm³/mol. The second-order valence-electron chi connectivity index (χ2n) is 4.59. The number of hydrogen-bond acceptors (Lipinski definition) is 6. The van der Waals surface area contributed by atoms with Gasteiger partial charge < -0.3 is 4.74 Å². The Hall–Kier alpha value is -1.86. The van der Waals surface area contributed by atoms with E-state index in [0.29, 0.717) is 18.3 Å². The van der Waals surface area contributed by atoms with Gasteiger partial charge in [-0.05, 0) is 18.6 Å². The third-order valence-electron chi connectivity index (χ3n) is 3.22. The summed E-state index contributed by atoms with van der Waals surface area (Å²) >= 11 is 1.38. The molecule has 1 aliphatic heterocycles. The van der Waals surface area contributed by atoms with Gasteiger partial charge in [0.05, 0.1) is 12.5 Å². The number of aromatic nitrogens is 3. The lowest BCUT2D eigenvalue weighted by Crippen LogP contribution is -2.33. The van der Waals surface area contributed by atoms with Gasteiger partial charge in [0.15, 0.2) is 5.01 Å². The van der Waals surface area contributed by atoms with Crippen LogP contribution in [0.2, 0.25) is 0 Å². The second-order valence-corrected chi connectivity index (χ2v) is 5.55. The van der Waals surface area contributed by atoms with E-state index in [1.54, 1.807) is 24.3 Å². The molecule has 0 aromatic carbocycles. The molecule has 1 aliphatic rings. The summed E-state index contributed by atoms with van der Waals surface area (Å²) in [5.74, 6) is -0.0258. The number of hydrogen-bond donors (Lipinski definition) is 0. The maximum Gasteiger partial charge on any atom is 0.234 e. The van der Waals surface area contributed by atoms with E-state index in [2.05, 4.69) is 15.2 Å². The van der Waals surface area contributed by atoms with E-state index >= 15 is 0 Å². The van der Waals surface area contributed by atoms with Crippen molar-refractivity contribution in [1.82, 2.24) is 15.2 Å². The Morgan fingerprint density at radius 3 is 3.10 bits per heavy atom. The average Bonchev–Trinajstić information content (AvgIpc) is 3.18. The summed E-state index contributed by atoms with van der Waals surface area (Å²) in [6.45, 7) is 1.15. The van der Waals surface area contributed by atoms with Crippen molar-refractivity contribution in [2.24, 2.45) is 5.92 Å². The topological polar surface area (TPSA) is 68.2 Å². The number of ether oxygens (including phenoxy) is 1. The zero-order valence-electron chi connectivity index (χ0n) is 11.0. The normalized spacial score (nSPS) is 18.1. The van der Waals surface area contributed by atoms with E-state index in [9.17, 15) is 4.79 Å². The molecule has 0 unspecified atom stereocenters. The molecule has 6 nitrogen and oxygen atoms in total. The van der Waals surface area contributed by atoms with Gasteiger partial charge in [0.25, 0.3) is 0 Å². The maximum absolute atomic E-state index is 12.3. The minimum Gasteiger partial charge on any atom is -0.381 e. The van der Waals surface area contributed by atoms with Crippen LogP contribution in [0.1, 0.15) is 6.42 Å². The first kappa shape index (κ1) is 13.1. The van der Waals surface area contributed by atoms with Crippen LogP contribution in [0.25, 0.3) is 10.6 Å². The molecule has 0 saturated carbocycles. The van der Waals surface area contributed by atoms with E-state index in [1.807, 2.05) is 12.1 Å². The first-order chi connectivity index (χ1) is 9.75. The SMILES string of the molecule is CN(C(=O)[C@H]1CCOC1)c1nnc(-c2cccnc2)s1. The Morgan fingerprint density at radius 2 is 2.40 bits per heavy atom. The van der Waals surface area contributed by atoms with Gasteiger partial charge in [-0.1, -0.05) is 11.3 Å². The molecule has 2 aromatic rings. The Bertz CT molecular complexity index is 595. The number of rotatable bonds is 3. The zero-order chi connectivity index (χ0) is 13.9. The van der Waals surface area contributed by atoms with Crippen LogP contribution in [-0.4, -0.2) is 41.3 Å². The second kappa shape index (κ2) is 5.64. The van der Waals surface area contributed by atoms with E-state index in [1.165, 1.54) is 11.3 Å². The van der Waals surface area contributed by atoms with Crippen molar-refractivity contribution >= 4 is 22.4 Å². The highest BCUT2D eigenvalue weighted by Crippen LogP contribution is 2.28. The van der Waals surface area contributed by atoms with Gasteiger partial charge in [-0.15, -0.1) is 10.2 Å². The van der Waals surface area contributed by atoms with Crippen molar-refractivity contribution in [1.29, 1.82) is 0 Å². The molecule has 7 heteroatoms. The smallest absolute Gasteiger partial charge is 0.234 e. The van der Waals surface area contributed by atoms with Crippen molar-refractivity contribution in [3.05, 3.63) is 24.5 Å². The molecule has 0 spiro atoms. The quantitative estimate of drug-likeness (QED) is 0.859. The lowest BCUT2D eigenvalue weighted by molar-refractivity contribution is -0.122. The van der Waals surface area contributed by atoms with E-state index < -0.39 is 0 Å². The summed E-state index contributed by atoms with van der Waals surface area (Å²) in [6, 6.07) is 3.77. The largest absolute Gasteiger partial charge is 0.381 e. The molecule has 0 radical (unpaired) electrons. The van der Waals surface area contributed by atoms with Crippen LogP contribution in [0.3, 0.4) is 0 Å². The van der Waals surface area contributed by atoms with Crippen LogP contribution in [0, 0.1) is 5.92 Å². The van der Waals surface area contributed by atoms with Crippen LogP contribution >= 0.6 is 11.3 Å². The van der Waals surface area contributed by atoms with Crippen molar-refractivity contribution in [2.45, 2.75) is 6.42 Å². The molecule has 104 valence electrons. The third kappa shape index (κ3) is 2.54. The fourth-order valence-corrected chi connectivity index (χ4v) is 2.86. The van der Waals surface area contributed by atoms with Crippen LogP contribution in [0.5, 0.6) is 0 Å². The van der Waals surface area contributed by atoms with Crippen LogP contribution in [-0.2, 0) is 9.53 Å². The Labute approximate surface area is 120 Å². The van der Waals surface area contributed by atoms with Crippen molar-refractivity contribution in [3.8, 4) is 10.6 Å². The summed E-state index contributed by atoms with van der Waals surface area (Å²) < 4.78 is 5.25. The highest BCUT2D eigenvalue weighted by Gasteiger charge is 2.28. The summed E-state index contributed by atoms with van der Waals surface area (Å²) in [4.78, 5) is 17.9. The Morgan fingerprint density at radius 1 is 1.50 bits per heavy atom. The molecule has 3 rings (SSSR count). The molecule has 1 fully saturated rings. The van der Waals surface area contributed by atoms with Crippen LogP contribution < -0.4 is 4.90 Å². The van der Waals surface area contributed by atoms with Gasteiger partial charge in [-0.3, -0.25) is 14.7 Å². The summed E-state index contributed by atoms with van der Waals surface area (Å²) in [5.41, 5.74) is 0.904. The fraction of sp³-hybridized carbons (Fsp3) is 0.385. The minimum absolute atomic E-state index is 0.0383. The first-order valence-corrected chi connectivity index (χ1v) is 7.16. The maximum atomic E-state index is 12.3. The Balaban J connectivity index is 1.77. The standard InChI is InChI=1S/C13H14N4O2S/c1-17(12(18)10-4-6-19-8-10)13-16-15-11(20-13)9-3-2-5-14-7-9/h2-3,5,7,10H,4,6,8H2,1H3/t10-/m0/s1. The lowest BCUT2D eigenvalue weighted by Gasteiger charge is -2.16. The van der Waals surface area contributed by atoms with Crippen LogP contribution in [0.15, 0.2) is 24.5 Å². The van der Waals surface area contributed by atoms with E-state index in [-0.39, 0.29) is 11.8 Å². The molecule has 1 amide bonds. The third-order valence-corrected chi connectivity index (χ3v) is 4.27. The van der Waals surface area contributed by atoms with Gasteiger partial charge in [0.2, 0.25) is 11.0 Å². The highest BCUT2D eigenvalue weighted by molar-refractivity contribution is 7.18. The molecule has 3 heterocycles. The summed E-state index contributed by atoms with van der Waals surface area (Å²) in [7, 11) is 1.73. The number of pyridine rings is 1. The molecule has 1 saturated heterocycles. The predicted octanol–water partition coefficient (Wildman–Crippen LogP) is 1.60. The molecule has 0 bridgehead atoms. The van der Waals surface area contributed by atoms with E-state index in [4.69, 9.17) is 4.74 Å². The van der Waals surface area contributed by atoms with Gasteiger partial charge in [-0.2, -0.15) is 0 Å². The minimum atomic E-state index is -0.0641. The van der Waals surface area contributed by atoms with Crippen molar-refractivity contribution in [2.75, 3.05) is 25.2 Å². The van der Waals surface area contributed by atoms with Crippen molar-refractivity contribution < 1.29 is 9.53 Å². The molecular formula is C13H14N4O2S. The molecule has 20 heavy (non-hydrogen) atoms. The van der Waals surface area contributed by atoms with Gasteiger partial charge in [0.1, 0.15) is 0 Å². The fourth-order valence-electron chi connectivity index (χ4n) is 2.05. The number of nitrogens with zero attached hydrogens (tertiary/aromatic N) is 4. The molecule has 0 N–H and O–H groups in total. The van der Waals surface area contributed by atoms with Gasteiger partial charge in [0, 0.05) is 31.6 Å². The number of carbonyl (C=O) groups is 1. The molecule has 0 aliphatic carbocycles. The highest BCUT2D eigenvalue weighted by atomic mass is 32.1. The number of amides is 1. The lowest BCUT2D eigenvalue weighted by atomic mass is 10.1. The van der Waals surface area contributed by atoms with E-state index in [0.717, 1.165) is 17.0 Å². The van der Waals surface area contributed by atoms with Gasteiger partial charge in [-0.25, -0.2) is 0 Å². The van der Waals surface area contributed by atoms with Crippen LogP contribution in [0.4, 0.5) is 5.13 Å². The number of carbonyl (C=O) groups excluding carboxylic acids is 1. The molecule has 1 atom stereocenters. The monoisotopic (exact) mass is 290 g/mol. The van der Waals surface area contributed by atoms with Gasteiger partial charge >= 0.3 is 0 Å². The zero-order valence-corrected chi connectivity index (χ0v) is 11.8. The molecule has 2 aromatic heterocycles. The summed E-state index contributed by atoms with van der Waals surface area (Å²) in [5, 5.41) is 9.57. The average molecular weight is 290 g/mol. The first-order valence-electron chi connectivity index (χ1n) is 6.35. The van der Waals surface area contributed by atoms with Crippen molar-refractivity contribution in [3.63, 3.8) is 0 Å².